The van der Waals surface area contributed by atoms with E-state index in [1.807, 2.05) is 26.4 Å². The van der Waals surface area contributed by atoms with Gasteiger partial charge in [-0.1, -0.05) is 42.8 Å². The fourth-order valence-corrected chi connectivity index (χ4v) is 7.05. The summed E-state index contributed by atoms with van der Waals surface area (Å²) in [4.78, 5) is 8.62. The third-order valence-electron chi connectivity index (χ3n) is 8.01. The highest BCUT2D eigenvalue weighted by Gasteiger charge is 2.55. The van der Waals surface area contributed by atoms with Crippen LogP contribution >= 0.6 is 0 Å². The molecule has 0 aromatic heterocycles. The zero-order valence-electron chi connectivity index (χ0n) is 17.7. The number of aliphatic imine (C=N–C) groups is 2. The molecule has 0 saturated heterocycles. The van der Waals surface area contributed by atoms with Gasteiger partial charge in [-0.3, -0.25) is 9.98 Å². The van der Waals surface area contributed by atoms with Gasteiger partial charge in [-0.05, 0) is 91.0 Å². The second-order valence-corrected chi connectivity index (χ2v) is 9.33. The predicted molar refractivity (Wildman–Crippen MR) is 123 cm³/mol. The maximum absolute atomic E-state index is 4.45. The van der Waals surface area contributed by atoms with Gasteiger partial charge in [-0.15, -0.1) is 0 Å². The van der Waals surface area contributed by atoms with E-state index in [1.54, 1.807) is 0 Å². The molecule has 0 spiro atoms. The molecule has 5 rings (SSSR count). The van der Waals surface area contributed by atoms with Crippen LogP contribution in [0.2, 0.25) is 0 Å². The molecule has 2 bridgehead atoms. The lowest BCUT2D eigenvalue weighted by Gasteiger charge is -2.37. The summed E-state index contributed by atoms with van der Waals surface area (Å²) in [6.45, 7) is 1.98. The first-order valence-electron chi connectivity index (χ1n) is 11.4. The molecule has 2 aromatic carbocycles. The Morgan fingerprint density at radius 2 is 1.55 bits per heavy atom. The molecule has 3 aliphatic rings. The quantitative estimate of drug-likeness (QED) is 0.515. The molecular weight excluding hydrogens is 352 g/mol. The Bertz CT molecular complexity index is 838. The average Bonchev–Trinajstić information content (AvgIpc) is 3.45. The van der Waals surface area contributed by atoms with Crippen LogP contribution in [-0.4, -0.2) is 19.5 Å². The van der Waals surface area contributed by atoms with E-state index in [-0.39, 0.29) is 0 Å². The second-order valence-electron chi connectivity index (χ2n) is 9.33. The minimum absolute atomic E-state index is 0.499. The van der Waals surface area contributed by atoms with Crippen molar-refractivity contribution >= 4 is 18.1 Å². The van der Waals surface area contributed by atoms with Crippen molar-refractivity contribution in [2.75, 3.05) is 7.05 Å². The number of hydrogen-bond donors (Lipinski definition) is 0. The van der Waals surface area contributed by atoms with Crippen LogP contribution in [0.3, 0.4) is 0 Å². The molecule has 3 fully saturated rings. The first kappa shape index (κ1) is 18.8. The minimum Gasteiger partial charge on any atom is -0.296 e. The normalized spacial score (nSPS) is 31.7. The number of rotatable bonds is 5. The van der Waals surface area contributed by atoms with Gasteiger partial charge in [0.2, 0.25) is 0 Å². The van der Waals surface area contributed by atoms with Gasteiger partial charge in [-0.2, -0.15) is 0 Å². The molecule has 6 unspecified atom stereocenters. The molecule has 6 atom stereocenters. The van der Waals surface area contributed by atoms with Crippen LogP contribution in [0.5, 0.6) is 0 Å². The molecule has 3 aliphatic carbocycles. The lowest BCUT2D eigenvalue weighted by Crippen LogP contribution is -2.29. The summed E-state index contributed by atoms with van der Waals surface area (Å²) >= 11 is 0. The first-order valence-corrected chi connectivity index (χ1v) is 11.4. The molecule has 0 amide bonds. The standard InChI is InChI=1S/C27H32N2/c1-3-29-22-13-11-20(12-14-22)27(19-9-7-18(8-10-19)17-28-2)26-16-21-15-25(26)24-6-4-5-23(21)24/h3,7-14,17,21,23-27H,4-6,15-16H2,1-2H3. The minimum atomic E-state index is 0.499. The van der Waals surface area contributed by atoms with E-state index in [0.29, 0.717) is 5.92 Å². The van der Waals surface area contributed by atoms with Crippen LogP contribution in [-0.2, 0) is 0 Å². The zero-order chi connectivity index (χ0) is 19.8. The summed E-state index contributed by atoms with van der Waals surface area (Å²) in [6.07, 6.45) is 11.2. The van der Waals surface area contributed by atoms with E-state index in [9.17, 15) is 0 Å². The van der Waals surface area contributed by atoms with Crippen LogP contribution in [0.4, 0.5) is 5.69 Å². The van der Waals surface area contributed by atoms with Crippen molar-refractivity contribution in [2.45, 2.75) is 44.9 Å². The fourth-order valence-electron chi connectivity index (χ4n) is 7.05. The summed E-state index contributed by atoms with van der Waals surface area (Å²) in [5, 5.41) is 0. The van der Waals surface area contributed by atoms with Crippen molar-refractivity contribution in [3.63, 3.8) is 0 Å². The van der Waals surface area contributed by atoms with Crippen molar-refractivity contribution < 1.29 is 0 Å². The number of benzene rings is 2. The molecule has 29 heavy (non-hydrogen) atoms. The van der Waals surface area contributed by atoms with E-state index in [4.69, 9.17) is 0 Å². The Hall–Kier alpha value is -2.22. The Kier molecular flexibility index (Phi) is 5.11. The zero-order valence-corrected chi connectivity index (χ0v) is 17.7. The summed E-state index contributed by atoms with van der Waals surface area (Å²) in [5.74, 6) is 5.22. The highest BCUT2D eigenvalue weighted by molar-refractivity contribution is 5.79. The highest BCUT2D eigenvalue weighted by Crippen LogP contribution is 2.64. The molecule has 2 nitrogen and oxygen atoms in total. The Morgan fingerprint density at radius 3 is 2.24 bits per heavy atom. The van der Waals surface area contributed by atoms with Gasteiger partial charge in [0.05, 0.1) is 5.69 Å². The van der Waals surface area contributed by atoms with Gasteiger partial charge in [0.15, 0.2) is 0 Å². The van der Waals surface area contributed by atoms with Gasteiger partial charge >= 0.3 is 0 Å². The predicted octanol–water partition coefficient (Wildman–Crippen LogP) is 6.66. The monoisotopic (exact) mass is 384 g/mol. The highest BCUT2D eigenvalue weighted by atomic mass is 14.7. The van der Waals surface area contributed by atoms with Crippen LogP contribution < -0.4 is 0 Å². The summed E-state index contributed by atoms with van der Waals surface area (Å²) in [7, 11) is 1.84. The third kappa shape index (κ3) is 3.37. The molecule has 0 N–H and O–H groups in total. The molecular formula is C27H32N2. The van der Waals surface area contributed by atoms with Gasteiger partial charge in [-0.25, -0.2) is 0 Å². The summed E-state index contributed by atoms with van der Waals surface area (Å²) in [6, 6.07) is 18.2. The first-order chi connectivity index (χ1) is 14.3. The van der Waals surface area contributed by atoms with Crippen molar-refractivity contribution in [2.24, 2.45) is 39.6 Å². The third-order valence-corrected chi connectivity index (χ3v) is 8.01. The number of fused-ring (bicyclic) bond motifs is 5. The van der Waals surface area contributed by atoms with Crippen LogP contribution in [0.25, 0.3) is 0 Å². The van der Waals surface area contributed by atoms with E-state index < -0.39 is 0 Å². The molecule has 2 heteroatoms. The molecule has 150 valence electrons. The van der Waals surface area contributed by atoms with E-state index in [0.717, 1.165) is 35.3 Å². The van der Waals surface area contributed by atoms with Gasteiger partial charge < -0.3 is 0 Å². The number of nitrogens with zero attached hydrogens (tertiary/aromatic N) is 2. The number of hydrogen-bond acceptors (Lipinski definition) is 2. The average molecular weight is 385 g/mol. The maximum Gasteiger partial charge on any atom is 0.0625 e. The lowest BCUT2D eigenvalue weighted by molar-refractivity contribution is 0.175. The Labute approximate surface area is 175 Å². The molecule has 0 aliphatic heterocycles. The summed E-state index contributed by atoms with van der Waals surface area (Å²) < 4.78 is 0. The van der Waals surface area contributed by atoms with Crippen LogP contribution in [0.1, 0.15) is 61.6 Å². The van der Waals surface area contributed by atoms with Gasteiger partial charge in [0.25, 0.3) is 0 Å². The topological polar surface area (TPSA) is 24.7 Å². The van der Waals surface area contributed by atoms with Gasteiger partial charge in [0, 0.05) is 25.4 Å². The van der Waals surface area contributed by atoms with E-state index >= 15 is 0 Å². The Morgan fingerprint density at radius 1 is 0.862 bits per heavy atom. The van der Waals surface area contributed by atoms with Crippen molar-refractivity contribution in [3.8, 4) is 0 Å². The molecule has 2 aromatic rings. The summed E-state index contributed by atoms with van der Waals surface area (Å²) in [5.41, 5.74) is 5.17. The fraction of sp³-hybridized carbons (Fsp3) is 0.481. The molecule has 0 heterocycles. The maximum atomic E-state index is 4.45. The van der Waals surface area contributed by atoms with Crippen LogP contribution in [0, 0.1) is 29.6 Å². The van der Waals surface area contributed by atoms with Crippen molar-refractivity contribution in [1.29, 1.82) is 0 Å². The van der Waals surface area contributed by atoms with Gasteiger partial charge in [0.1, 0.15) is 0 Å². The largest absolute Gasteiger partial charge is 0.296 e. The lowest BCUT2D eigenvalue weighted by atomic mass is 9.67. The molecule has 3 saturated carbocycles. The SMILES string of the molecule is CC=Nc1ccc(C(c2ccc(C=NC)cc2)C2CC3CC2C2CCCC32)cc1. The van der Waals surface area contributed by atoms with Crippen molar-refractivity contribution in [3.05, 3.63) is 65.2 Å². The molecule has 0 radical (unpaired) electrons. The van der Waals surface area contributed by atoms with E-state index in [1.165, 1.54) is 48.8 Å². The van der Waals surface area contributed by atoms with Crippen molar-refractivity contribution in [1.82, 2.24) is 0 Å². The van der Waals surface area contributed by atoms with Crippen LogP contribution in [0.15, 0.2) is 58.5 Å². The van der Waals surface area contributed by atoms with E-state index in [2.05, 4.69) is 58.5 Å². The second kappa shape index (κ2) is 7.89. The smallest absolute Gasteiger partial charge is 0.0625 e. The Balaban J connectivity index is 1.51.